The van der Waals surface area contributed by atoms with Gasteiger partial charge < -0.3 is 4.74 Å². The highest BCUT2D eigenvalue weighted by Gasteiger charge is 1.92. The zero-order valence-electron chi connectivity index (χ0n) is 7.27. The van der Waals surface area contributed by atoms with Crippen molar-refractivity contribution in [3.63, 3.8) is 0 Å². The van der Waals surface area contributed by atoms with Gasteiger partial charge in [0.05, 0.1) is 18.5 Å². The van der Waals surface area contributed by atoms with E-state index in [1.165, 1.54) is 0 Å². The van der Waals surface area contributed by atoms with E-state index in [9.17, 15) is 0 Å². The number of rotatable bonds is 4. The van der Waals surface area contributed by atoms with Crippen LogP contribution in [0.4, 0.5) is 5.69 Å². The molecule has 0 bridgehead atoms. The molecule has 0 unspecified atom stereocenters. The van der Waals surface area contributed by atoms with Crippen LogP contribution in [0.1, 0.15) is 6.92 Å². The number of nitrogens with one attached hydrogen (secondary N) is 1. The molecule has 1 aromatic rings. The van der Waals surface area contributed by atoms with Crippen LogP contribution in [0.15, 0.2) is 23.3 Å². The van der Waals surface area contributed by atoms with Gasteiger partial charge in [0.25, 0.3) is 0 Å². The van der Waals surface area contributed by atoms with Crippen LogP contribution in [0.5, 0.6) is 5.88 Å². The third-order valence-electron chi connectivity index (χ3n) is 1.28. The second-order valence-electron chi connectivity index (χ2n) is 2.17. The molecule has 70 valence electrons. The number of ether oxygens (including phenoxy) is 1. The summed E-state index contributed by atoms with van der Waals surface area (Å²) in [4.78, 5) is 7.80. The number of aromatic nitrogens is 1. The zero-order valence-corrected chi connectivity index (χ0v) is 7.27. The molecule has 0 aliphatic rings. The van der Waals surface area contributed by atoms with Crippen molar-refractivity contribution in [2.24, 2.45) is 4.99 Å². The Morgan fingerprint density at radius 2 is 2.54 bits per heavy atom. The molecule has 0 saturated heterocycles. The first-order valence-corrected chi connectivity index (χ1v) is 3.88. The van der Waals surface area contributed by atoms with E-state index in [1.807, 2.05) is 6.92 Å². The summed E-state index contributed by atoms with van der Waals surface area (Å²) in [6.45, 7) is 2.48. The highest BCUT2D eigenvalue weighted by atomic mass is 16.5. The maximum absolute atomic E-state index is 8.22. The fourth-order valence-electron chi connectivity index (χ4n) is 0.786. The standard InChI is InChI=1S/C8H11N3O2/c1-2-13-8-4-3-7(5-9-8)10-6-11-12/h3-6,12H,2H2,1H3,(H,10,11). The van der Waals surface area contributed by atoms with Crippen LogP contribution in [0.2, 0.25) is 0 Å². The molecule has 0 aromatic carbocycles. The summed E-state index contributed by atoms with van der Waals surface area (Å²) in [6, 6.07) is 3.46. The number of hydroxylamine groups is 1. The normalized spacial score (nSPS) is 10.3. The Labute approximate surface area is 76.1 Å². The van der Waals surface area contributed by atoms with Gasteiger partial charge in [-0.1, -0.05) is 0 Å². The summed E-state index contributed by atoms with van der Waals surface area (Å²) in [5.41, 5.74) is 2.45. The van der Waals surface area contributed by atoms with Crippen molar-refractivity contribution >= 4 is 12.0 Å². The highest BCUT2D eigenvalue weighted by molar-refractivity contribution is 5.59. The molecule has 0 fully saturated rings. The van der Waals surface area contributed by atoms with Gasteiger partial charge >= 0.3 is 0 Å². The smallest absolute Gasteiger partial charge is 0.213 e. The fraction of sp³-hybridized carbons (Fsp3) is 0.250. The monoisotopic (exact) mass is 181 g/mol. The Bertz CT molecular complexity index is 271. The van der Waals surface area contributed by atoms with E-state index in [2.05, 4.69) is 9.98 Å². The quantitative estimate of drug-likeness (QED) is 0.415. The largest absolute Gasteiger partial charge is 0.478 e. The number of hydrogen-bond acceptors (Lipinski definition) is 4. The van der Waals surface area contributed by atoms with Gasteiger partial charge in [-0.2, -0.15) is 0 Å². The van der Waals surface area contributed by atoms with E-state index >= 15 is 0 Å². The molecule has 0 aliphatic heterocycles. The lowest BCUT2D eigenvalue weighted by atomic mass is 10.4. The molecular weight excluding hydrogens is 170 g/mol. The molecule has 0 atom stereocenters. The van der Waals surface area contributed by atoms with Gasteiger partial charge in [-0.15, -0.1) is 0 Å². The minimum atomic E-state index is 0.568. The Morgan fingerprint density at radius 1 is 1.69 bits per heavy atom. The van der Waals surface area contributed by atoms with E-state index < -0.39 is 0 Å². The highest BCUT2D eigenvalue weighted by Crippen LogP contribution is 2.13. The van der Waals surface area contributed by atoms with Crippen LogP contribution in [0, 0.1) is 0 Å². The molecule has 1 rings (SSSR count). The molecule has 5 heteroatoms. The van der Waals surface area contributed by atoms with E-state index in [0.717, 1.165) is 6.34 Å². The van der Waals surface area contributed by atoms with Gasteiger partial charge in [-0.05, 0) is 13.0 Å². The van der Waals surface area contributed by atoms with Gasteiger partial charge in [0.1, 0.15) is 6.34 Å². The fourth-order valence-corrected chi connectivity index (χ4v) is 0.786. The van der Waals surface area contributed by atoms with Gasteiger partial charge in [0.2, 0.25) is 5.88 Å². The van der Waals surface area contributed by atoms with Crippen LogP contribution >= 0.6 is 0 Å². The van der Waals surface area contributed by atoms with E-state index in [1.54, 1.807) is 23.8 Å². The lowest BCUT2D eigenvalue weighted by molar-refractivity contribution is 0.240. The molecule has 0 saturated carbocycles. The van der Waals surface area contributed by atoms with Crippen LogP contribution in [0.25, 0.3) is 0 Å². The average Bonchev–Trinajstić information content (AvgIpc) is 2.17. The van der Waals surface area contributed by atoms with E-state index in [-0.39, 0.29) is 0 Å². The van der Waals surface area contributed by atoms with Gasteiger partial charge in [0.15, 0.2) is 0 Å². The van der Waals surface area contributed by atoms with Crippen LogP contribution in [0.3, 0.4) is 0 Å². The molecule has 1 aromatic heterocycles. The van der Waals surface area contributed by atoms with Gasteiger partial charge in [0, 0.05) is 6.07 Å². The average molecular weight is 181 g/mol. The number of aliphatic imine (C=N–C) groups is 1. The third-order valence-corrected chi connectivity index (χ3v) is 1.28. The van der Waals surface area contributed by atoms with Crippen LogP contribution in [-0.2, 0) is 0 Å². The second-order valence-corrected chi connectivity index (χ2v) is 2.17. The summed E-state index contributed by atoms with van der Waals surface area (Å²) in [6.07, 6.45) is 2.72. The van der Waals surface area contributed by atoms with Crippen molar-refractivity contribution in [2.45, 2.75) is 6.92 Å². The van der Waals surface area contributed by atoms with Crippen molar-refractivity contribution in [3.05, 3.63) is 18.3 Å². The SMILES string of the molecule is CCOc1ccc(N=CNO)cn1. The predicted octanol–water partition coefficient (Wildman–Crippen LogP) is 1.12. The van der Waals surface area contributed by atoms with E-state index in [0.29, 0.717) is 18.2 Å². The molecule has 0 spiro atoms. The summed E-state index contributed by atoms with van der Waals surface area (Å²) >= 11 is 0. The van der Waals surface area contributed by atoms with Gasteiger partial charge in [-0.25, -0.2) is 9.98 Å². The molecule has 1 heterocycles. The zero-order chi connectivity index (χ0) is 9.52. The van der Waals surface area contributed by atoms with E-state index in [4.69, 9.17) is 9.94 Å². The Morgan fingerprint density at radius 3 is 3.08 bits per heavy atom. The Balaban J connectivity index is 2.64. The topological polar surface area (TPSA) is 66.7 Å². The maximum Gasteiger partial charge on any atom is 0.213 e. The van der Waals surface area contributed by atoms with Crippen molar-refractivity contribution in [3.8, 4) is 5.88 Å². The first-order chi connectivity index (χ1) is 6.36. The molecule has 2 N–H and O–H groups in total. The molecule has 0 radical (unpaired) electrons. The molecular formula is C8H11N3O2. The second kappa shape index (κ2) is 5.10. The Kier molecular flexibility index (Phi) is 3.72. The minimum absolute atomic E-state index is 0.568. The summed E-state index contributed by atoms with van der Waals surface area (Å²) < 4.78 is 5.14. The lowest BCUT2D eigenvalue weighted by Gasteiger charge is -2.00. The predicted molar refractivity (Wildman–Crippen MR) is 48.5 cm³/mol. The minimum Gasteiger partial charge on any atom is -0.478 e. The van der Waals surface area contributed by atoms with Gasteiger partial charge in [-0.3, -0.25) is 10.7 Å². The maximum atomic E-state index is 8.22. The molecule has 5 nitrogen and oxygen atoms in total. The lowest BCUT2D eigenvalue weighted by Crippen LogP contribution is -2.00. The number of nitrogens with zero attached hydrogens (tertiary/aromatic N) is 2. The van der Waals surface area contributed by atoms with Crippen molar-refractivity contribution in [1.29, 1.82) is 0 Å². The molecule has 0 aliphatic carbocycles. The first-order valence-electron chi connectivity index (χ1n) is 3.88. The summed E-state index contributed by atoms with van der Waals surface area (Å²) in [5, 5.41) is 8.22. The third kappa shape index (κ3) is 3.08. The van der Waals surface area contributed by atoms with Crippen LogP contribution in [-0.4, -0.2) is 23.1 Å². The molecule has 0 amide bonds. The van der Waals surface area contributed by atoms with Crippen LogP contribution < -0.4 is 10.2 Å². The van der Waals surface area contributed by atoms with Crippen molar-refractivity contribution < 1.29 is 9.94 Å². The number of hydrogen-bond donors (Lipinski definition) is 2. The summed E-state index contributed by atoms with van der Waals surface area (Å²) in [5.74, 6) is 0.568. The molecule has 13 heavy (non-hydrogen) atoms. The Hall–Kier alpha value is -1.62. The first kappa shape index (κ1) is 9.47. The number of pyridine rings is 1. The summed E-state index contributed by atoms with van der Waals surface area (Å²) in [7, 11) is 0. The van der Waals surface area contributed by atoms with Crippen molar-refractivity contribution in [2.75, 3.05) is 6.61 Å². The van der Waals surface area contributed by atoms with Crippen molar-refractivity contribution in [1.82, 2.24) is 10.5 Å².